The number of halogens is 7. The molecule has 1 aromatic heterocycles. The van der Waals surface area contributed by atoms with Crippen LogP contribution in [0.1, 0.15) is 22.4 Å². The molecule has 166 valence electrons. The Labute approximate surface area is 182 Å². The molecule has 3 rings (SSSR count). The van der Waals surface area contributed by atoms with Gasteiger partial charge in [-0.1, -0.05) is 11.6 Å². The molecule has 0 amide bonds. The van der Waals surface area contributed by atoms with Gasteiger partial charge in [-0.15, -0.1) is 0 Å². The summed E-state index contributed by atoms with van der Waals surface area (Å²) < 4.78 is 91.9. The molecule has 1 heterocycles. The van der Waals surface area contributed by atoms with Gasteiger partial charge in [0.25, 0.3) is 0 Å². The number of aliphatic hydroxyl groups is 1. The summed E-state index contributed by atoms with van der Waals surface area (Å²) >= 11 is 5.76. The molecule has 31 heavy (non-hydrogen) atoms. The van der Waals surface area contributed by atoms with Crippen molar-refractivity contribution in [3.8, 4) is 17.0 Å². The lowest BCUT2D eigenvalue weighted by Crippen LogP contribution is -2.09. The van der Waals surface area contributed by atoms with E-state index in [0.29, 0.717) is 0 Å². The summed E-state index contributed by atoms with van der Waals surface area (Å²) in [7, 11) is 0. The van der Waals surface area contributed by atoms with Gasteiger partial charge in [0, 0.05) is 22.8 Å². The van der Waals surface area contributed by atoms with E-state index >= 15 is 0 Å². The van der Waals surface area contributed by atoms with Crippen molar-refractivity contribution in [3.05, 3.63) is 68.8 Å². The fourth-order valence-corrected chi connectivity index (χ4v) is 3.80. The van der Waals surface area contributed by atoms with Gasteiger partial charge in [-0.25, -0.2) is 13.2 Å². The van der Waals surface area contributed by atoms with Gasteiger partial charge < -0.3 is 9.84 Å². The van der Waals surface area contributed by atoms with Crippen LogP contribution in [0.4, 0.5) is 26.3 Å². The maximum absolute atomic E-state index is 14.3. The van der Waals surface area contributed by atoms with Gasteiger partial charge in [0.1, 0.15) is 17.3 Å². The Morgan fingerprint density at radius 3 is 2.29 bits per heavy atom. The Balaban J connectivity index is 1.97. The number of hydrogen-bond donors (Lipinski definition) is 1. The second-order valence-electron chi connectivity index (χ2n) is 6.47. The van der Waals surface area contributed by atoms with Crippen molar-refractivity contribution < 1.29 is 36.2 Å². The van der Waals surface area contributed by atoms with E-state index in [1.807, 2.05) is 0 Å². The molecule has 0 saturated carbocycles. The fraction of sp³-hybridized carbons (Fsp3) is 0.250. The van der Waals surface area contributed by atoms with E-state index in [-0.39, 0.29) is 52.8 Å². The number of aryl methyl sites for hydroxylation is 1. The maximum Gasteiger partial charge on any atom is 0.427 e. The Morgan fingerprint density at radius 1 is 1.03 bits per heavy atom. The topological polar surface area (TPSA) is 42.4 Å². The van der Waals surface area contributed by atoms with Crippen molar-refractivity contribution >= 4 is 23.1 Å². The molecule has 11 heteroatoms. The normalized spacial score (nSPS) is 11.7. The number of aromatic nitrogens is 1. The molecule has 0 aliphatic carbocycles. The van der Waals surface area contributed by atoms with E-state index < -0.39 is 46.4 Å². The van der Waals surface area contributed by atoms with E-state index in [1.54, 1.807) is 0 Å². The molecule has 0 radical (unpaired) electrons. The van der Waals surface area contributed by atoms with Gasteiger partial charge in [0.2, 0.25) is 0 Å². The van der Waals surface area contributed by atoms with Gasteiger partial charge >= 0.3 is 6.18 Å². The van der Waals surface area contributed by atoms with Gasteiger partial charge in [-0.05, 0) is 60.3 Å². The van der Waals surface area contributed by atoms with Crippen LogP contribution in [0, 0.1) is 17.5 Å². The van der Waals surface area contributed by atoms with Crippen molar-refractivity contribution in [2.45, 2.75) is 25.6 Å². The molecule has 0 aliphatic rings. The first-order valence-electron chi connectivity index (χ1n) is 8.84. The highest BCUT2D eigenvalue weighted by atomic mass is 35.5. The van der Waals surface area contributed by atoms with E-state index in [4.69, 9.17) is 21.4 Å². The summed E-state index contributed by atoms with van der Waals surface area (Å²) in [6.45, 7) is -1.07. The number of ether oxygens (including phenoxy) is 1. The first kappa shape index (κ1) is 23.4. The van der Waals surface area contributed by atoms with Crippen molar-refractivity contribution in [2.75, 3.05) is 6.61 Å². The van der Waals surface area contributed by atoms with Crippen LogP contribution in [0.5, 0.6) is 5.75 Å². The van der Waals surface area contributed by atoms with Crippen LogP contribution in [0.25, 0.3) is 11.3 Å². The predicted octanol–water partition coefficient (Wildman–Crippen LogP) is 6.40. The van der Waals surface area contributed by atoms with Gasteiger partial charge in [-0.2, -0.15) is 17.5 Å². The lowest BCUT2D eigenvalue weighted by atomic mass is 10.1. The van der Waals surface area contributed by atoms with Crippen LogP contribution in [0.15, 0.2) is 30.3 Å². The van der Waals surface area contributed by atoms with Gasteiger partial charge in [0.15, 0.2) is 17.4 Å². The molecule has 0 bridgehead atoms. The smallest absolute Gasteiger partial charge is 0.427 e. The van der Waals surface area contributed by atoms with Crippen LogP contribution >= 0.6 is 23.1 Å². The number of rotatable bonds is 7. The number of nitrogens with zero attached hydrogens (tertiary/aromatic N) is 1. The Morgan fingerprint density at radius 2 is 1.71 bits per heavy atom. The molecule has 0 unspecified atom stereocenters. The lowest BCUT2D eigenvalue weighted by Gasteiger charge is -2.13. The van der Waals surface area contributed by atoms with Crippen molar-refractivity contribution in [1.82, 2.24) is 4.37 Å². The number of benzene rings is 2. The molecular weight excluding hydrogens is 468 g/mol. The summed E-state index contributed by atoms with van der Waals surface area (Å²) in [4.78, 5) is -1.17. The van der Waals surface area contributed by atoms with Crippen LogP contribution in [-0.2, 0) is 19.2 Å². The van der Waals surface area contributed by atoms with Crippen LogP contribution < -0.4 is 4.74 Å². The third-order valence-corrected chi connectivity index (χ3v) is 5.44. The van der Waals surface area contributed by atoms with Crippen molar-refractivity contribution in [2.24, 2.45) is 0 Å². The molecule has 0 fully saturated rings. The van der Waals surface area contributed by atoms with Crippen LogP contribution in [-0.4, -0.2) is 16.1 Å². The summed E-state index contributed by atoms with van der Waals surface area (Å²) in [6, 6.07) is 5.31. The maximum atomic E-state index is 14.3. The Hall–Kier alpha value is -2.30. The minimum atomic E-state index is -4.83. The van der Waals surface area contributed by atoms with Crippen molar-refractivity contribution in [1.29, 1.82) is 0 Å². The number of hydrogen-bond acceptors (Lipinski definition) is 4. The summed E-state index contributed by atoms with van der Waals surface area (Å²) in [5, 5.41) is 8.85. The zero-order valence-electron chi connectivity index (χ0n) is 15.6. The third-order valence-electron chi connectivity index (χ3n) is 4.27. The monoisotopic (exact) mass is 481 g/mol. The van der Waals surface area contributed by atoms with Crippen molar-refractivity contribution in [3.63, 3.8) is 0 Å². The Kier molecular flexibility index (Phi) is 7.13. The minimum absolute atomic E-state index is 0.0377. The molecule has 1 N–H and O–H groups in total. The second kappa shape index (κ2) is 9.46. The molecular formula is C20H14ClF6NO2S. The minimum Gasteiger partial charge on any atom is -0.483 e. The molecule has 3 nitrogen and oxygen atoms in total. The van der Waals surface area contributed by atoms with Gasteiger partial charge in [0.05, 0.1) is 5.69 Å². The molecule has 0 saturated heterocycles. The Bertz CT molecular complexity index is 1060. The second-order valence-corrected chi connectivity index (χ2v) is 7.68. The fourth-order valence-electron chi connectivity index (χ4n) is 2.88. The summed E-state index contributed by atoms with van der Waals surface area (Å²) in [5.41, 5.74) is -0.905. The van der Waals surface area contributed by atoms with Crippen LogP contribution in [0.3, 0.4) is 0 Å². The highest BCUT2D eigenvalue weighted by molar-refractivity contribution is 7.06. The highest BCUT2D eigenvalue weighted by Crippen LogP contribution is 2.41. The summed E-state index contributed by atoms with van der Waals surface area (Å²) in [6.07, 6.45) is -4.34. The molecule has 0 aliphatic heterocycles. The standard InChI is InChI=1S/C20H14ClF6NO2S/c21-11-3-4-12(14(22)8-11)17-13(19(31-28-17)20(25,26)27)9-30-18-15(23)6-10(2-1-5-29)7-16(18)24/h3-4,6-8,29H,1-2,5,9H2. The number of aliphatic hydroxyl groups excluding tert-OH is 1. The molecule has 0 atom stereocenters. The predicted molar refractivity (Wildman–Crippen MR) is 104 cm³/mol. The molecule has 2 aromatic carbocycles. The number of alkyl halides is 3. The van der Waals surface area contributed by atoms with E-state index in [1.165, 1.54) is 6.07 Å². The molecule has 3 aromatic rings. The summed E-state index contributed by atoms with van der Waals surface area (Å²) in [5.74, 6) is -3.99. The quantitative estimate of drug-likeness (QED) is 0.397. The third kappa shape index (κ3) is 5.31. The average molecular weight is 482 g/mol. The zero-order valence-corrected chi connectivity index (χ0v) is 17.1. The first-order chi connectivity index (χ1) is 14.6. The van der Waals surface area contributed by atoms with E-state index in [2.05, 4.69) is 4.37 Å². The van der Waals surface area contributed by atoms with E-state index in [9.17, 15) is 26.3 Å². The molecule has 0 spiro atoms. The SMILES string of the molecule is OCCCc1cc(F)c(OCc2c(-c3ccc(Cl)cc3F)nsc2C(F)(F)F)c(F)c1. The lowest BCUT2D eigenvalue weighted by molar-refractivity contribution is -0.135. The van der Waals surface area contributed by atoms with Gasteiger partial charge in [-0.3, -0.25) is 0 Å². The zero-order chi connectivity index (χ0) is 22.8. The highest BCUT2D eigenvalue weighted by Gasteiger charge is 2.38. The largest absolute Gasteiger partial charge is 0.483 e. The van der Waals surface area contributed by atoms with E-state index in [0.717, 1.165) is 24.3 Å². The first-order valence-corrected chi connectivity index (χ1v) is 9.99. The van der Waals surface area contributed by atoms with Crippen LogP contribution in [0.2, 0.25) is 5.02 Å². The average Bonchev–Trinajstić information content (AvgIpc) is 3.10.